The highest BCUT2D eigenvalue weighted by atomic mass is 19.4. The van der Waals surface area contributed by atoms with Crippen molar-refractivity contribution in [3.63, 3.8) is 0 Å². The Morgan fingerprint density at radius 1 is 1.21 bits per heavy atom. The standard InChI is InChI=1S/C15H21F3N2O4/c16-15(17,18)9-20-8-10(7-11(20)21)12(22)19-14(13(23)24)5-3-1-2-4-6-14/h10H,1-9H2,(H,19,22)(H,23,24). The summed E-state index contributed by atoms with van der Waals surface area (Å²) in [4.78, 5) is 36.3. The number of carbonyl (C=O) groups is 3. The minimum atomic E-state index is -4.52. The van der Waals surface area contributed by atoms with Gasteiger partial charge in [-0.15, -0.1) is 0 Å². The van der Waals surface area contributed by atoms with Crippen LogP contribution >= 0.6 is 0 Å². The summed E-state index contributed by atoms with van der Waals surface area (Å²) >= 11 is 0. The van der Waals surface area contributed by atoms with E-state index in [1.54, 1.807) is 0 Å². The van der Waals surface area contributed by atoms with Crippen LogP contribution in [0.1, 0.15) is 44.9 Å². The van der Waals surface area contributed by atoms with E-state index in [0.717, 1.165) is 12.8 Å². The number of carbonyl (C=O) groups excluding carboxylic acids is 2. The second kappa shape index (κ2) is 6.98. The lowest BCUT2D eigenvalue weighted by atomic mass is 9.89. The Bertz CT molecular complexity index is 513. The van der Waals surface area contributed by atoms with Gasteiger partial charge in [0.15, 0.2) is 0 Å². The number of aliphatic carboxylic acids is 1. The van der Waals surface area contributed by atoms with Crippen LogP contribution in [0.15, 0.2) is 0 Å². The molecule has 1 saturated heterocycles. The molecule has 2 fully saturated rings. The number of hydrogen-bond acceptors (Lipinski definition) is 3. The minimum absolute atomic E-state index is 0.293. The highest BCUT2D eigenvalue weighted by Crippen LogP contribution is 2.29. The van der Waals surface area contributed by atoms with Crippen LogP contribution in [-0.2, 0) is 14.4 Å². The lowest BCUT2D eigenvalue weighted by Gasteiger charge is -2.30. The summed E-state index contributed by atoms with van der Waals surface area (Å²) in [6, 6.07) is 0. The van der Waals surface area contributed by atoms with Crippen molar-refractivity contribution in [3.05, 3.63) is 0 Å². The summed E-state index contributed by atoms with van der Waals surface area (Å²) in [7, 11) is 0. The molecule has 2 N–H and O–H groups in total. The van der Waals surface area contributed by atoms with Gasteiger partial charge in [-0.2, -0.15) is 13.2 Å². The maximum Gasteiger partial charge on any atom is 0.406 e. The van der Waals surface area contributed by atoms with Crippen LogP contribution in [0.5, 0.6) is 0 Å². The van der Waals surface area contributed by atoms with E-state index in [4.69, 9.17) is 0 Å². The van der Waals surface area contributed by atoms with Gasteiger partial charge >= 0.3 is 12.1 Å². The Kier molecular flexibility index (Phi) is 5.39. The molecule has 1 saturated carbocycles. The number of rotatable bonds is 4. The normalized spacial score (nSPS) is 24.5. The van der Waals surface area contributed by atoms with E-state index in [1.165, 1.54) is 0 Å². The predicted molar refractivity (Wildman–Crippen MR) is 77.0 cm³/mol. The van der Waals surface area contributed by atoms with E-state index in [0.29, 0.717) is 30.6 Å². The van der Waals surface area contributed by atoms with Gasteiger partial charge in [0, 0.05) is 13.0 Å². The maximum absolute atomic E-state index is 12.4. The fourth-order valence-electron chi connectivity index (χ4n) is 3.38. The first-order chi connectivity index (χ1) is 11.1. The van der Waals surface area contributed by atoms with Crippen LogP contribution in [0.3, 0.4) is 0 Å². The van der Waals surface area contributed by atoms with E-state index in [-0.39, 0.29) is 13.0 Å². The fourth-order valence-corrected chi connectivity index (χ4v) is 3.38. The second-order valence-electron chi connectivity index (χ2n) is 6.58. The molecular weight excluding hydrogens is 329 g/mol. The van der Waals surface area contributed by atoms with Crippen molar-refractivity contribution in [2.45, 2.75) is 56.7 Å². The van der Waals surface area contributed by atoms with Crippen LogP contribution < -0.4 is 5.32 Å². The lowest BCUT2D eigenvalue weighted by Crippen LogP contribution is -2.56. The zero-order valence-electron chi connectivity index (χ0n) is 13.2. The average Bonchev–Trinajstić information content (AvgIpc) is 2.69. The molecular formula is C15H21F3N2O4. The van der Waals surface area contributed by atoms with Gasteiger partial charge in [-0.25, -0.2) is 4.79 Å². The Morgan fingerprint density at radius 3 is 2.29 bits per heavy atom. The lowest BCUT2D eigenvalue weighted by molar-refractivity contribution is -0.157. The summed E-state index contributed by atoms with van der Waals surface area (Å²) in [5.74, 6) is -3.47. The number of carboxylic acid groups (broad SMARTS) is 1. The second-order valence-corrected chi connectivity index (χ2v) is 6.58. The molecule has 0 radical (unpaired) electrons. The Labute approximate surface area is 137 Å². The van der Waals surface area contributed by atoms with E-state index < -0.39 is 42.0 Å². The number of carboxylic acids is 1. The number of nitrogens with one attached hydrogen (secondary N) is 1. The van der Waals surface area contributed by atoms with E-state index in [1.807, 2.05) is 0 Å². The third kappa shape index (κ3) is 4.39. The first-order valence-electron chi connectivity index (χ1n) is 8.03. The summed E-state index contributed by atoms with van der Waals surface area (Å²) in [5.41, 5.74) is -1.38. The van der Waals surface area contributed by atoms with Crippen LogP contribution in [0.25, 0.3) is 0 Å². The molecule has 6 nitrogen and oxygen atoms in total. The molecule has 1 unspecified atom stereocenters. The van der Waals surface area contributed by atoms with Gasteiger partial charge in [0.1, 0.15) is 12.1 Å². The topological polar surface area (TPSA) is 86.7 Å². The van der Waals surface area contributed by atoms with Gasteiger partial charge in [-0.05, 0) is 12.8 Å². The largest absolute Gasteiger partial charge is 0.480 e. The van der Waals surface area contributed by atoms with Crippen molar-refractivity contribution < 1.29 is 32.7 Å². The molecule has 0 aromatic carbocycles. The maximum atomic E-state index is 12.4. The fraction of sp³-hybridized carbons (Fsp3) is 0.800. The van der Waals surface area contributed by atoms with Gasteiger partial charge in [-0.1, -0.05) is 25.7 Å². The Morgan fingerprint density at radius 2 is 1.79 bits per heavy atom. The smallest absolute Gasteiger partial charge is 0.406 e. The van der Waals surface area contributed by atoms with Gasteiger partial charge < -0.3 is 15.3 Å². The first kappa shape index (κ1) is 18.5. The number of amides is 2. The molecule has 2 rings (SSSR count). The summed E-state index contributed by atoms with van der Waals surface area (Å²) in [5, 5.41) is 12.0. The van der Waals surface area contributed by atoms with Crippen LogP contribution in [0, 0.1) is 5.92 Å². The van der Waals surface area contributed by atoms with Crippen molar-refractivity contribution in [2.75, 3.05) is 13.1 Å². The molecule has 2 aliphatic rings. The number of halogens is 3. The summed E-state index contributed by atoms with van der Waals surface area (Å²) in [6.45, 7) is -1.72. The molecule has 0 bridgehead atoms. The number of hydrogen-bond donors (Lipinski definition) is 2. The van der Waals surface area contributed by atoms with Gasteiger partial charge in [0.25, 0.3) is 0 Å². The molecule has 9 heteroatoms. The van der Waals surface area contributed by atoms with E-state index in [9.17, 15) is 32.7 Å². The minimum Gasteiger partial charge on any atom is -0.480 e. The summed E-state index contributed by atoms with van der Waals surface area (Å²) in [6.07, 6.45) is -1.17. The highest BCUT2D eigenvalue weighted by Gasteiger charge is 2.45. The van der Waals surface area contributed by atoms with Crippen LogP contribution in [-0.4, -0.2) is 52.6 Å². The average molecular weight is 350 g/mol. The van der Waals surface area contributed by atoms with E-state index in [2.05, 4.69) is 5.32 Å². The zero-order valence-corrected chi connectivity index (χ0v) is 13.2. The highest BCUT2D eigenvalue weighted by molar-refractivity contribution is 5.92. The molecule has 1 aliphatic carbocycles. The number of alkyl halides is 3. The summed E-state index contributed by atoms with van der Waals surface area (Å²) < 4.78 is 37.3. The quantitative estimate of drug-likeness (QED) is 0.756. The molecule has 0 aromatic heterocycles. The van der Waals surface area contributed by atoms with Crippen LogP contribution in [0.2, 0.25) is 0 Å². The predicted octanol–water partition coefficient (Wildman–Crippen LogP) is 1.69. The van der Waals surface area contributed by atoms with E-state index >= 15 is 0 Å². The molecule has 24 heavy (non-hydrogen) atoms. The molecule has 0 spiro atoms. The molecule has 1 atom stereocenters. The molecule has 1 heterocycles. The molecule has 0 aromatic rings. The van der Waals surface area contributed by atoms with Gasteiger partial charge in [0.2, 0.25) is 11.8 Å². The van der Waals surface area contributed by atoms with Gasteiger partial charge in [0.05, 0.1) is 5.92 Å². The molecule has 1 aliphatic heterocycles. The van der Waals surface area contributed by atoms with Crippen molar-refractivity contribution in [1.82, 2.24) is 10.2 Å². The SMILES string of the molecule is O=C(NC1(C(=O)O)CCCCCC1)C1CC(=O)N(CC(F)(F)F)C1. The van der Waals surface area contributed by atoms with Crippen molar-refractivity contribution in [3.8, 4) is 0 Å². The number of likely N-dealkylation sites (tertiary alicyclic amines) is 1. The molecule has 136 valence electrons. The third-order valence-corrected chi connectivity index (χ3v) is 4.68. The first-order valence-corrected chi connectivity index (χ1v) is 8.03. The zero-order chi connectivity index (χ0) is 18.0. The molecule has 2 amide bonds. The third-order valence-electron chi connectivity index (χ3n) is 4.68. The monoisotopic (exact) mass is 350 g/mol. The van der Waals surface area contributed by atoms with Gasteiger partial charge in [-0.3, -0.25) is 9.59 Å². The Balaban J connectivity index is 2.03. The number of nitrogens with zero attached hydrogens (tertiary/aromatic N) is 1. The Hall–Kier alpha value is -1.80. The van der Waals surface area contributed by atoms with Crippen LogP contribution in [0.4, 0.5) is 13.2 Å². The van der Waals surface area contributed by atoms with Crippen molar-refractivity contribution in [2.24, 2.45) is 5.92 Å². The van der Waals surface area contributed by atoms with Crippen molar-refractivity contribution in [1.29, 1.82) is 0 Å². The van der Waals surface area contributed by atoms with Crippen molar-refractivity contribution >= 4 is 17.8 Å².